The molecule has 1 aliphatic carbocycles. The van der Waals surface area contributed by atoms with Gasteiger partial charge in [0.15, 0.2) is 0 Å². The van der Waals surface area contributed by atoms with E-state index in [-0.39, 0.29) is 29.2 Å². The number of amides is 2. The molecule has 7 heteroatoms. The van der Waals surface area contributed by atoms with Crippen molar-refractivity contribution in [2.24, 2.45) is 5.92 Å². The van der Waals surface area contributed by atoms with Crippen molar-refractivity contribution in [2.45, 2.75) is 31.8 Å². The van der Waals surface area contributed by atoms with Gasteiger partial charge in [0.05, 0.1) is 5.56 Å². The number of aromatic carboxylic acids is 1. The average molecular weight is 532 g/mol. The fourth-order valence-corrected chi connectivity index (χ4v) is 5.69. The number of carboxylic acid groups (broad SMARTS) is 1. The molecule has 0 radical (unpaired) electrons. The van der Waals surface area contributed by atoms with Crippen molar-refractivity contribution in [1.82, 2.24) is 15.2 Å². The molecule has 3 aromatic carbocycles. The van der Waals surface area contributed by atoms with Crippen LogP contribution in [0.25, 0.3) is 11.1 Å². The van der Waals surface area contributed by atoms with E-state index >= 15 is 0 Å². The predicted molar refractivity (Wildman–Crippen MR) is 151 cm³/mol. The van der Waals surface area contributed by atoms with Crippen molar-refractivity contribution < 1.29 is 19.5 Å². The second-order valence-electron chi connectivity index (χ2n) is 10.4. The lowest BCUT2D eigenvalue weighted by Gasteiger charge is -2.32. The van der Waals surface area contributed by atoms with Crippen LogP contribution in [0.3, 0.4) is 0 Å². The number of nitrogens with zero attached hydrogens (tertiary/aromatic N) is 2. The van der Waals surface area contributed by atoms with Gasteiger partial charge in [0.1, 0.15) is 5.69 Å². The quantitative estimate of drug-likeness (QED) is 0.347. The monoisotopic (exact) mass is 531 g/mol. The largest absolute Gasteiger partial charge is 0.478 e. The number of hydrogen-bond acceptors (Lipinski definition) is 4. The summed E-state index contributed by atoms with van der Waals surface area (Å²) >= 11 is 0. The first kappa shape index (κ1) is 25.5. The Morgan fingerprint density at radius 3 is 2.52 bits per heavy atom. The van der Waals surface area contributed by atoms with Crippen LogP contribution in [-0.4, -0.2) is 39.3 Å². The van der Waals surface area contributed by atoms with Gasteiger partial charge in [0.2, 0.25) is 5.91 Å². The van der Waals surface area contributed by atoms with Gasteiger partial charge in [-0.05, 0) is 76.4 Å². The summed E-state index contributed by atoms with van der Waals surface area (Å²) in [5.41, 5.74) is 6.60. The van der Waals surface area contributed by atoms with E-state index < -0.39 is 5.97 Å². The summed E-state index contributed by atoms with van der Waals surface area (Å²) in [4.78, 5) is 43.9. The molecule has 1 aliphatic heterocycles. The van der Waals surface area contributed by atoms with E-state index in [1.54, 1.807) is 47.5 Å². The molecule has 2 amide bonds. The Kier molecular flexibility index (Phi) is 6.86. The van der Waals surface area contributed by atoms with Crippen molar-refractivity contribution in [3.8, 4) is 11.1 Å². The highest BCUT2D eigenvalue weighted by Crippen LogP contribution is 2.47. The van der Waals surface area contributed by atoms with Gasteiger partial charge in [-0.25, -0.2) is 4.79 Å². The Balaban J connectivity index is 1.28. The third-order valence-corrected chi connectivity index (χ3v) is 7.91. The van der Waals surface area contributed by atoms with E-state index in [0.29, 0.717) is 31.7 Å². The molecule has 2 N–H and O–H groups in total. The highest BCUT2D eigenvalue weighted by molar-refractivity contribution is 5.93. The molecule has 2 atom stereocenters. The first-order chi connectivity index (χ1) is 19.5. The molecule has 2 heterocycles. The number of aromatic nitrogens is 1. The first-order valence-electron chi connectivity index (χ1n) is 13.5. The number of fused-ring (bicyclic) bond motifs is 1. The smallest absolute Gasteiger partial charge is 0.335 e. The zero-order valence-electron chi connectivity index (χ0n) is 21.9. The lowest BCUT2D eigenvalue weighted by Crippen LogP contribution is -2.37. The third kappa shape index (κ3) is 5.10. The molecule has 1 aromatic heterocycles. The minimum Gasteiger partial charge on any atom is -0.478 e. The Hall–Kier alpha value is -4.78. The van der Waals surface area contributed by atoms with Crippen LogP contribution in [0, 0.1) is 5.92 Å². The Labute approximate surface area is 232 Å². The second kappa shape index (κ2) is 10.8. The predicted octanol–water partition coefficient (Wildman–Crippen LogP) is 5.07. The number of carboxylic acids is 1. The van der Waals surface area contributed by atoms with Gasteiger partial charge >= 0.3 is 5.97 Å². The van der Waals surface area contributed by atoms with Gasteiger partial charge in [-0.15, -0.1) is 0 Å². The summed E-state index contributed by atoms with van der Waals surface area (Å²) in [6.45, 7) is 1.27. The normalized spacial score (nSPS) is 17.6. The van der Waals surface area contributed by atoms with Gasteiger partial charge in [0.25, 0.3) is 5.91 Å². The van der Waals surface area contributed by atoms with E-state index in [1.165, 1.54) is 5.56 Å². The van der Waals surface area contributed by atoms with Crippen LogP contribution in [0.5, 0.6) is 0 Å². The van der Waals surface area contributed by atoms with Gasteiger partial charge in [-0.3, -0.25) is 14.6 Å². The number of carbonyl (C=O) groups is 3. The van der Waals surface area contributed by atoms with Gasteiger partial charge in [-0.1, -0.05) is 60.7 Å². The molecular formula is C33H29N3O4. The minimum absolute atomic E-state index is 0.0292. The maximum atomic E-state index is 13.3. The number of benzene rings is 3. The summed E-state index contributed by atoms with van der Waals surface area (Å²) in [6, 6.07) is 26.3. The molecule has 4 aromatic rings. The summed E-state index contributed by atoms with van der Waals surface area (Å²) in [5, 5.41) is 12.7. The number of hydrogen-bond donors (Lipinski definition) is 2. The summed E-state index contributed by atoms with van der Waals surface area (Å²) in [5.74, 6) is -0.846. The molecule has 0 unspecified atom stereocenters. The lowest BCUT2D eigenvalue weighted by molar-refractivity contribution is -0.122. The van der Waals surface area contributed by atoms with Crippen LogP contribution in [0.15, 0.2) is 91.1 Å². The van der Waals surface area contributed by atoms with E-state index in [1.807, 2.05) is 36.4 Å². The van der Waals surface area contributed by atoms with Crippen molar-refractivity contribution >= 4 is 17.8 Å². The highest BCUT2D eigenvalue weighted by Gasteiger charge is 2.43. The minimum atomic E-state index is -0.976. The SMILES string of the molecule is O=C(O)c1cccc(-c2ccc(CNC(=O)[C@@H]3C[C@H]3c3ccccc3)c3c2CCN(C(=O)c2ccccn2)C3)c1. The molecular weight excluding hydrogens is 502 g/mol. The van der Waals surface area contributed by atoms with E-state index in [9.17, 15) is 19.5 Å². The maximum absolute atomic E-state index is 13.3. The lowest BCUT2D eigenvalue weighted by atomic mass is 9.87. The van der Waals surface area contributed by atoms with E-state index in [2.05, 4.69) is 22.4 Å². The molecule has 1 fully saturated rings. The molecule has 0 bridgehead atoms. The molecule has 200 valence electrons. The standard InChI is InChI=1S/C33H29N3O4/c37-31(28-18-27(28)21-7-2-1-3-8-21)35-19-24-12-13-25(22-9-6-10-23(17-22)33(39)40)26-14-16-36(20-29(24)26)32(38)30-11-4-5-15-34-30/h1-13,15,17,27-28H,14,16,18-20H2,(H,35,37)(H,39,40)/t27-,28+/m0/s1. The van der Waals surface area contributed by atoms with Crippen molar-refractivity contribution in [2.75, 3.05) is 6.54 Å². The summed E-state index contributed by atoms with van der Waals surface area (Å²) < 4.78 is 0. The van der Waals surface area contributed by atoms with Crippen LogP contribution >= 0.6 is 0 Å². The summed E-state index contributed by atoms with van der Waals surface area (Å²) in [7, 11) is 0. The van der Waals surface area contributed by atoms with Crippen LogP contribution in [0.2, 0.25) is 0 Å². The third-order valence-electron chi connectivity index (χ3n) is 7.91. The zero-order chi connectivity index (χ0) is 27.6. The van der Waals surface area contributed by atoms with Crippen LogP contribution < -0.4 is 5.32 Å². The molecule has 7 nitrogen and oxygen atoms in total. The molecule has 1 saturated carbocycles. The number of pyridine rings is 1. The van der Waals surface area contributed by atoms with Crippen LogP contribution in [-0.2, 0) is 24.3 Å². The Morgan fingerprint density at radius 2 is 1.75 bits per heavy atom. The summed E-state index contributed by atoms with van der Waals surface area (Å²) in [6.07, 6.45) is 3.07. The Bertz CT molecular complexity index is 1590. The highest BCUT2D eigenvalue weighted by atomic mass is 16.4. The molecule has 2 aliphatic rings. The average Bonchev–Trinajstić information content (AvgIpc) is 3.81. The fraction of sp³-hybridized carbons (Fsp3) is 0.212. The van der Waals surface area contributed by atoms with Crippen molar-refractivity contribution in [3.63, 3.8) is 0 Å². The number of rotatable bonds is 7. The van der Waals surface area contributed by atoms with Gasteiger partial charge in [0, 0.05) is 31.7 Å². The van der Waals surface area contributed by atoms with Gasteiger partial charge < -0.3 is 15.3 Å². The maximum Gasteiger partial charge on any atom is 0.335 e. The molecule has 0 spiro atoms. The van der Waals surface area contributed by atoms with Gasteiger partial charge in [-0.2, -0.15) is 0 Å². The van der Waals surface area contributed by atoms with Crippen molar-refractivity contribution in [3.05, 3.63) is 125 Å². The number of carbonyl (C=O) groups excluding carboxylic acids is 2. The first-order valence-corrected chi connectivity index (χ1v) is 13.5. The molecule has 0 saturated heterocycles. The zero-order valence-corrected chi connectivity index (χ0v) is 21.9. The van der Waals surface area contributed by atoms with E-state index in [0.717, 1.165) is 34.2 Å². The topological polar surface area (TPSA) is 99.6 Å². The Morgan fingerprint density at radius 1 is 0.925 bits per heavy atom. The second-order valence-corrected chi connectivity index (χ2v) is 10.4. The van der Waals surface area contributed by atoms with Crippen LogP contribution in [0.4, 0.5) is 0 Å². The van der Waals surface area contributed by atoms with Crippen LogP contribution in [0.1, 0.15) is 55.4 Å². The fourth-order valence-electron chi connectivity index (χ4n) is 5.69. The number of nitrogens with one attached hydrogen (secondary N) is 1. The van der Waals surface area contributed by atoms with E-state index in [4.69, 9.17) is 0 Å². The molecule has 40 heavy (non-hydrogen) atoms. The van der Waals surface area contributed by atoms with Crippen molar-refractivity contribution in [1.29, 1.82) is 0 Å². The molecule has 6 rings (SSSR count).